The van der Waals surface area contributed by atoms with E-state index in [9.17, 15) is 0 Å². The number of rotatable bonds is 3. The number of hydrogen-bond acceptors (Lipinski definition) is 4. The molecule has 2 aliphatic heterocycles. The van der Waals surface area contributed by atoms with Crippen molar-refractivity contribution in [3.05, 3.63) is 133 Å². The smallest absolute Gasteiger partial charge is 0.151 e. The summed E-state index contributed by atoms with van der Waals surface area (Å²) in [5, 5.41) is 0. The van der Waals surface area contributed by atoms with E-state index in [0.29, 0.717) is 0 Å². The molecular formula is C32H25N3O. The van der Waals surface area contributed by atoms with Crippen molar-refractivity contribution in [1.29, 1.82) is 0 Å². The largest absolute Gasteiger partial charge is 0.453 e. The molecule has 0 radical (unpaired) electrons. The molecule has 0 saturated heterocycles. The van der Waals surface area contributed by atoms with E-state index in [1.54, 1.807) is 0 Å². The van der Waals surface area contributed by atoms with Gasteiger partial charge in [-0.3, -0.25) is 0 Å². The number of hydrogen-bond donors (Lipinski definition) is 0. The van der Waals surface area contributed by atoms with Gasteiger partial charge >= 0.3 is 0 Å². The molecule has 0 N–H and O–H groups in total. The first-order valence-electron chi connectivity index (χ1n) is 12.2. The second-order valence-electron chi connectivity index (χ2n) is 9.14. The summed E-state index contributed by atoms with van der Waals surface area (Å²) in [4.78, 5) is 7.06. The summed E-state index contributed by atoms with van der Waals surface area (Å²) >= 11 is 0. The fraction of sp³-hybridized carbons (Fsp3) is 0.0625. The van der Waals surface area contributed by atoms with E-state index in [1.807, 2.05) is 24.3 Å². The summed E-state index contributed by atoms with van der Waals surface area (Å²) in [7, 11) is 2.18. The van der Waals surface area contributed by atoms with Crippen LogP contribution in [-0.2, 0) is 0 Å². The zero-order valence-electron chi connectivity index (χ0n) is 20.0. The molecule has 1 atom stereocenters. The van der Waals surface area contributed by atoms with Gasteiger partial charge in [0.05, 0.1) is 22.7 Å². The molecule has 0 fully saturated rings. The number of anilines is 6. The highest BCUT2D eigenvalue weighted by Gasteiger charge is 2.35. The molecule has 2 heterocycles. The standard InChI is InChI=1S/C32H25N3O/c1-33-26-13-5-6-14-27(26)35(24-11-3-2-4-12-24)32(33)23-19-21-25(22-20-23)34-28-15-7-9-17-30(28)36-31-18-10-8-16-29(31)34/h2-22,32H,1H3. The Morgan fingerprint density at radius 3 is 1.67 bits per heavy atom. The van der Waals surface area contributed by atoms with Crippen molar-refractivity contribution in [2.75, 3.05) is 21.7 Å². The van der Waals surface area contributed by atoms with E-state index in [0.717, 1.165) is 28.6 Å². The minimum Gasteiger partial charge on any atom is -0.453 e. The molecule has 0 amide bonds. The van der Waals surface area contributed by atoms with Gasteiger partial charge < -0.3 is 19.4 Å². The Bertz CT molecular complexity index is 1500. The Balaban J connectivity index is 1.31. The van der Waals surface area contributed by atoms with Crippen LogP contribution in [-0.4, -0.2) is 7.05 Å². The van der Waals surface area contributed by atoms with Crippen LogP contribution in [0.15, 0.2) is 127 Å². The van der Waals surface area contributed by atoms with Crippen molar-refractivity contribution in [2.45, 2.75) is 6.17 Å². The molecule has 174 valence electrons. The first kappa shape index (κ1) is 20.7. The lowest BCUT2D eigenvalue weighted by atomic mass is 10.1. The lowest BCUT2D eigenvalue weighted by Crippen LogP contribution is -2.30. The van der Waals surface area contributed by atoms with Gasteiger partial charge in [-0.05, 0) is 66.2 Å². The molecule has 4 nitrogen and oxygen atoms in total. The van der Waals surface area contributed by atoms with Gasteiger partial charge in [0, 0.05) is 18.4 Å². The Hall–Kier alpha value is -4.70. The highest BCUT2D eigenvalue weighted by Crippen LogP contribution is 2.52. The van der Waals surface area contributed by atoms with Crippen molar-refractivity contribution in [3.8, 4) is 11.5 Å². The van der Waals surface area contributed by atoms with E-state index in [4.69, 9.17) is 4.74 Å². The average Bonchev–Trinajstić information content (AvgIpc) is 3.24. The predicted octanol–water partition coefficient (Wildman–Crippen LogP) is 8.55. The number of ether oxygens (including phenoxy) is 1. The molecule has 0 bridgehead atoms. The second kappa shape index (κ2) is 8.21. The maximum absolute atomic E-state index is 6.19. The lowest BCUT2D eigenvalue weighted by Gasteiger charge is -2.34. The fourth-order valence-electron chi connectivity index (χ4n) is 5.42. The molecule has 0 aliphatic carbocycles. The van der Waals surface area contributed by atoms with Crippen molar-refractivity contribution in [1.82, 2.24) is 0 Å². The minimum absolute atomic E-state index is 0.0584. The molecule has 5 aromatic carbocycles. The van der Waals surface area contributed by atoms with E-state index >= 15 is 0 Å². The molecule has 1 unspecified atom stereocenters. The maximum atomic E-state index is 6.19. The quantitative estimate of drug-likeness (QED) is 0.259. The van der Waals surface area contributed by atoms with E-state index < -0.39 is 0 Å². The topological polar surface area (TPSA) is 19.0 Å². The van der Waals surface area contributed by atoms with Gasteiger partial charge in [0.25, 0.3) is 0 Å². The minimum atomic E-state index is 0.0584. The molecule has 0 aromatic heterocycles. The Morgan fingerprint density at radius 2 is 1.03 bits per heavy atom. The summed E-state index contributed by atoms with van der Waals surface area (Å²) in [6, 6.07) is 44.6. The van der Waals surface area contributed by atoms with Gasteiger partial charge in [-0.25, -0.2) is 0 Å². The third-order valence-corrected chi connectivity index (χ3v) is 7.05. The third kappa shape index (κ3) is 3.15. The number of nitrogens with zero attached hydrogens (tertiary/aromatic N) is 3. The van der Waals surface area contributed by atoms with Gasteiger partial charge in [-0.1, -0.05) is 66.7 Å². The first-order chi connectivity index (χ1) is 17.8. The normalized spacial score (nSPS) is 15.7. The summed E-state index contributed by atoms with van der Waals surface area (Å²) in [5.74, 6) is 1.73. The van der Waals surface area contributed by atoms with Gasteiger partial charge in [-0.15, -0.1) is 0 Å². The van der Waals surface area contributed by atoms with Crippen LogP contribution >= 0.6 is 0 Å². The SMILES string of the molecule is CN1c2ccccc2N(c2ccccc2)C1c1ccc(N2c3ccccc3Oc3ccccc32)cc1. The van der Waals surface area contributed by atoms with Crippen molar-refractivity contribution in [3.63, 3.8) is 0 Å². The van der Waals surface area contributed by atoms with Crippen LogP contribution in [0, 0.1) is 0 Å². The molecule has 4 heteroatoms. The van der Waals surface area contributed by atoms with Gasteiger partial charge in [0.15, 0.2) is 11.5 Å². The monoisotopic (exact) mass is 467 g/mol. The lowest BCUT2D eigenvalue weighted by molar-refractivity contribution is 0.477. The van der Waals surface area contributed by atoms with Crippen LogP contribution in [0.1, 0.15) is 11.7 Å². The summed E-state index contributed by atoms with van der Waals surface area (Å²) < 4.78 is 6.19. The third-order valence-electron chi connectivity index (χ3n) is 7.05. The molecule has 5 aromatic rings. The van der Waals surface area contributed by atoms with Gasteiger partial charge in [0.1, 0.15) is 6.17 Å². The van der Waals surface area contributed by atoms with Gasteiger partial charge in [0.2, 0.25) is 0 Å². The summed E-state index contributed by atoms with van der Waals surface area (Å²) in [5.41, 5.74) is 8.05. The van der Waals surface area contributed by atoms with E-state index in [2.05, 4.69) is 125 Å². The number of benzene rings is 5. The van der Waals surface area contributed by atoms with Crippen LogP contribution in [0.4, 0.5) is 34.1 Å². The predicted molar refractivity (Wildman–Crippen MR) is 147 cm³/mol. The molecule has 36 heavy (non-hydrogen) atoms. The van der Waals surface area contributed by atoms with Crippen molar-refractivity contribution < 1.29 is 4.74 Å². The highest BCUT2D eigenvalue weighted by atomic mass is 16.5. The van der Waals surface area contributed by atoms with Crippen LogP contribution in [0.3, 0.4) is 0 Å². The van der Waals surface area contributed by atoms with Gasteiger partial charge in [-0.2, -0.15) is 0 Å². The second-order valence-corrected chi connectivity index (χ2v) is 9.14. The molecular weight excluding hydrogens is 442 g/mol. The molecule has 0 saturated carbocycles. The summed E-state index contributed by atoms with van der Waals surface area (Å²) in [6.45, 7) is 0. The zero-order valence-corrected chi connectivity index (χ0v) is 20.0. The van der Waals surface area contributed by atoms with Crippen molar-refractivity contribution >= 4 is 34.1 Å². The maximum Gasteiger partial charge on any atom is 0.151 e. The Labute approximate surface area is 211 Å². The molecule has 0 spiro atoms. The fourth-order valence-corrected chi connectivity index (χ4v) is 5.42. The van der Waals surface area contributed by atoms with Crippen molar-refractivity contribution in [2.24, 2.45) is 0 Å². The summed E-state index contributed by atoms with van der Waals surface area (Å²) in [6.07, 6.45) is 0.0584. The van der Waals surface area contributed by atoms with E-state index in [1.165, 1.54) is 22.6 Å². The van der Waals surface area contributed by atoms with Crippen LogP contribution in [0.2, 0.25) is 0 Å². The highest BCUT2D eigenvalue weighted by molar-refractivity contribution is 5.87. The zero-order chi connectivity index (χ0) is 24.1. The number of para-hydroxylation sites is 7. The molecule has 7 rings (SSSR count). The Kier molecular flexibility index (Phi) is 4.71. The van der Waals surface area contributed by atoms with Crippen LogP contribution < -0.4 is 19.4 Å². The average molecular weight is 468 g/mol. The van der Waals surface area contributed by atoms with Crippen LogP contribution in [0.25, 0.3) is 0 Å². The Morgan fingerprint density at radius 1 is 0.500 bits per heavy atom. The van der Waals surface area contributed by atoms with Crippen LogP contribution in [0.5, 0.6) is 11.5 Å². The molecule has 2 aliphatic rings. The van der Waals surface area contributed by atoms with E-state index in [-0.39, 0.29) is 6.17 Å². The first-order valence-corrected chi connectivity index (χ1v) is 12.2. The number of fused-ring (bicyclic) bond motifs is 3.